The van der Waals surface area contributed by atoms with E-state index in [9.17, 15) is 0 Å². The van der Waals surface area contributed by atoms with E-state index in [1.54, 1.807) is 0 Å². The highest BCUT2D eigenvalue weighted by Gasteiger charge is 2.08. The van der Waals surface area contributed by atoms with E-state index in [2.05, 4.69) is 24.7 Å². The number of hydrogen-bond donors (Lipinski definition) is 1. The SMILES string of the molecule is C#CCN(CC)CC(CC)CN. The van der Waals surface area contributed by atoms with Gasteiger partial charge in [-0.2, -0.15) is 0 Å². The first-order valence-corrected chi connectivity index (χ1v) is 4.64. The van der Waals surface area contributed by atoms with Gasteiger partial charge in [-0.05, 0) is 19.0 Å². The van der Waals surface area contributed by atoms with E-state index >= 15 is 0 Å². The lowest BCUT2D eigenvalue weighted by molar-refractivity contribution is 0.266. The molecule has 0 amide bonds. The van der Waals surface area contributed by atoms with Crippen LogP contribution in [0, 0.1) is 18.3 Å². The van der Waals surface area contributed by atoms with E-state index in [4.69, 9.17) is 12.2 Å². The van der Waals surface area contributed by atoms with Crippen LogP contribution < -0.4 is 5.73 Å². The van der Waals surface area contributed by atoms with Crippen molar-refractivity contribution in [3.8, 4) is 12.3 Å². The monoisotopic (exact) mass is 168 g/mol. The van der Waals surface area contributed by atoms with Crippen molar-refractivity contribution < 1.29 is 0 Å². The normalized spacial score (nSPS) is 12.9. The Balaban J connectivity index is 3.75. The van der Waals surface area contributed by atoms with Crippen LogP contribution in [0.4, 0.5) is 0 Å². The largest absolute Gasteiger partial charge is 0.330 e. The molecule has 0 saturated carbocycles. The minimum atomic E-state index is 0.596. The van der Waals surface area contributed by atoms with Gasteiger partial charge in [0.1, 0.15) is 0 Å². The maximum absolute atomic E-state index is 5.60. The molecular weight excluding hydrogens is 148 g/mol. The number of rotatable bonds is 6. The molecule has 0 fully saturated rings. The van der Waals surface area contributed by atoms with Gasteiger partial charge in [0.2, 0.25) is 0 Å². The quantitative estimate of drug-likeness (QED) is 0.598. The zero-order valence-electron chi connectivity index (χ0n) is 8.21. The summed E-state index contributed by atoms with van der Waals surface area (Å²) < 4.78 is 0. The van der Waals surface area contributed by atoms with Gasteiger partial charge in [-0.1, -0.05) is 26.2 Å². The second-order valence-corrected chi connectivity index (χ2v) is 3.04. The Kier molecular flexibility index (Phi) is 6.84. The topological polar surface area (TPSA) is 29.3 Å². The summed E-state index contributed by atoms with van der Waals surface area (Å²) in [5.74, 6) is 3.25. The van der Waals surface area contributed by atoms with E-state index < -0.39 is 0 Å². The van der Waals surface area contributed by atoms with Gasteiger partial charge in [-0.15, -0.1) is 6.42 Å². The smallest absolute Gasteiger partial charge is 0.0598 e. The molecule has 0 aliphatic rings. The Morgan fingerprint density at radius 3 is 2.50 bits per heavy atom. The van der Waals surface area contributed by atoms with Crippen LogP contribution in [-0.2, 0) is 0 Å². The molecule has 2 nitrogen and oxygen atoms in total. The average Bonchev–Trinajstić information content (AvgIpc) is 2.12. The zero-order chi connectivity index (χ0) is 9.40. The third kappa shape index (κ3) is 4.38. The summed E-state index contributed by atoms with van der Waals surface area (Å²) in [6.45, 7) is 7.85. The van der Waals surface area contributed by atoms with E-state index in [0.717, 1.165) is 32.6 Å². The van der Waals surface area contributed by atoms with Gasteiger partial charge in [0, 0.05) is 6.54 Å². The summed E-state index contributed by atoms with van der Waals surface area (Å²) in [5, 5.41) is 0. The van der Waals surface area contributed by atoms with Crippen molar-refractivity contribution in [2.75, 3.05) is 26.2 Å². The van der Waals surface area contributed by atoms with Gasteiger partial charge in [0.05, 0.1) is 6.54 Å². The van der Waals surface area contributed by atoms with Crippen LogP contribution in [0.1, 0.15) is 20.3 Å². The second kappa shape index (κ2) is 7.15. The fourth-order valence-electron chi connectivity index (χ4n) is 1.17. The molecular formula is C10H20N2. The van der Waals surface area contributed by atoms with Crippen molar-refractivity contribution in [3.05, 3.63) is 0 Å². The molecule has 0 aliphatic heterocycles. The van der Waals surface area contributed by atoms with Gasteiger partial charge in [-0.25, -0.2) is 0 Å². The summed E-state index contributed by atoms with van der Waals surface area (Å²) in [6.07, 6.45) is 6.38. The van der Waals surface area contributed by atoms with Crippen LogP contribution in [-0.4, -0.2) is 31.1 Å². The third-order valence-corrected chi connectivity index (χ3v) is 2.19. The van der Waals surface area contributed by atoms with Gasteiger partial charge in [0.15, 0.2) is 0 Å². The van der Waals surface area contributed by atoms with Gasteiger partial charge >= 0.3 is 0 Å². The average molecular weight is 168 g/mol. The standard InChI is InChI=1S/C10H20N2/c1-4-7-12(6-3)9-10(5-2)8-11/h1,10H,5-9,11H2,2-3H3. The Morgan fingerprint density at radius 1 is 1.50 bits per heavy atom. The van der Waals surface area contributed by atoms with Gasteiger partial charge in [-0.3, -0.25) is 4.90 Å². The first-order valence-electron chi connectivity index (χ1n) is 4.64. The van der Waals surface area contributed by atoms with Crippen molar-refractivity contribution in [1.29, 1.82) is 0 Å². The molecule has 2 N–H and O–H groups in total. The minimum Gasteiger partial charge on any atom is -0.330 e. The Labute approximate surface area is 76.1 Å². The molecule has 70 valence electrons. The molecule has 0 radical (unpaired) electrons. The highest BCUT2D eigenvalue weighted by molar-refractivity contribution is 4.88. The Hall–Kier alpha value is -0.520. The van der Waals surface area contributed by atoms with Crippen LogP contribution in [0.3, 0.4) is 0 Å². The van der Waals surface area contributed by atoms with E-state index in [1.807, 2.05) is 0 Å². The summed E-state index contributed by atoms with van der Waals surface area (Å²) >= 11 is 0. The van der Waals surface area contributed by atoms with Crippen LogP contribution in [0.5, 0.6) is 0 Å². The molecule has 0 aromatic rings. The van der Waals surface area contributed by atoms with Gasteiger partial charge in [0.25, 0.3) is 0 Å². The lowest BCUT2D eigenvalue weighted by atomic mass is 10.1. The lowest BCUT2D eigenvalue weighted by Gasteiger charge is -2.22. The fraction of sp³-hybridized carbons (Fsp3) is 0.800. The number of terminal acetylenes is 1. The number of nitrogens with zero attached hydrogens (tertiary/aromatic N) is 1. The molecule has 0 rings (SSSR count). The predicted molar refractivity (Wildman–Crippen MR) is 53.8 cm³/mol. The van der Waals surface area contributed by atoms with E-state index in [-0.39, 0.29) is 0 Å². The molecule has 1 unspecified atom stereocenters. The maximum Gasteiger partial charge on any atom is 0.0598 e. The van der Waals surface area contributed by atoms with Gasteiger partial charge < -0.3 is 5.73 Å². The van der Waals surface area contributed by atoms with Crippen molar-refractivity contribution >= 4 is 0 Å². The minimum absolute atomic E-state index is 0.596. The van der Waals surface area contributed by atoms with Crippen molar-refractivity contribution in [2.45, 2.75) is 20.3 Å². The molecule has 2 heteroatoms. The first-order chi connectivity index (χ1) is 5.78. The summed E-state index contributed by atoms with van der Waals surface area (Å²) in [6, 6.07) is 0. The number of nitrogens with two attached hydrogens (primary N) is 1. The molecule has 1 atom stereocenters. The molecule has 0 aliphatic carbocycles. The van der Waals surface area contributed by atoms with Crippen molar-refractivity contribution in [1.82, 2.24) is 4.90 Å². The number of hydrogen-bond acceptors (Lipinski definition) is 2. The summed E-state index contributed by atoms with van der Waals surface area (Å²) in [5.41, 5.74) is 5.60. The molecule has 0 spiro atoms. The second-order valence-electron chi connectivity index (χ2n) is 3.04. The van der Waals surface area contributed by atoms with Crippen molar-refractivity contribution in [3.63, 3.8) is 0 Å². The first kappa shape index (κ1) is 11.5. The highest BCUT2D eigenvalue weighted by atomic mass is 15.1. The fourth-order valence-corrected chi connectivity index (χ4v) is 1.17. The molecule has 0 heterocycles. The van der Waals surface area contributed by atoms with E-state index in [0.29, 0.717) is 5.92 Å². The zero-order valence-corrected chi connectivity index (χ0v) is 8.21. The van der Waals surface area contributed by atoms with Crippen LogP contribution in [0.15, 0.2) is 0 Å². The predicted octanol–water partition coefficient (Wildman–Crippen LogP) is 0.926. The molecule has 12 heavy (non-hydrogen) atoms. The summed E-state index contributed by atoms with van der Waals surface area (Å²) in [4.78, 5) is 2.25. The van der Waals surface area contributed by atoms with Crippen LogP contribution >= 0.6 is 0 Å². The molecule has 0 saturated heterocycles. The van der Waals surface area contributed by atoms with Crippen LogP contribution in [0.25, 0.3) is 0 Å². The maximum atomic E-state index is 5.60. The van der Waals surface area contributed by atoms with Crippen LogP contribution in [0.2, 0.25) is 0 Å². The Bertz CT molecular complexity index is 133. The molecule has 0 aromatic carbocycles. The lowest BCUT2D eigenvalue weighted by Crippen LogP contribution is -2.32. The summed E-state index contributed by atoms with van der Waals surface area (Å²) in [7, 11) is 0. The molecule has 0 bridgehead atoms. The van der Waals surface area contributed by atoms with E-state index in [1.165, 1.54) is 0 Å². The third-order valence-electron chi connectivity index (χ3n) is 2.19. The molecule has 0 aromatic heterocycles. The highest BCUT2D eigenvalue weighted by Crippen LogP contribution is 2.02. The Morgan fingerprint density at radius 2 is 2.17 bits per heavy atom. The van der Waals surface area contributed by atoms with Crippen molar-refractivity contribution in [2.24, 2.45) is 11.7 Å².